The van der Waals surface area contributed by atoms with E-state index >= 15 is 0 Å². The van der Waals surface area contributed by atoms with Crippen molar-refractivity contribution >= 4 is 17.7 Å². The first-order valence-corrected chi connectivity index (χ1v) is 11.8. The molecule has 5 unspecified atom stereocenters. The number of carboxylic acids is 1. The molecule has 0 amide bonds. The van der Waals surface area contributed by atoms with Crippen LogP contribution in [0.5, 0.6) is 0 Å². The number of hydrogen-bond acceptors (Lipinski definition) is 4. The van der Waals surface area contributed by atoms with Gasteiger partial charge in [0.25, 0.3) is 0 Å². The summed E-state index contributed by atoms with van der Waals surface area (Å²) in [5.41, 5.74) is 2.82. The molecule has 0 radical (unpaired) electrons. The van der Waals surface area contributed by atoms with Gasteiger partial charge in [-0.2, -0.15) is 0 Å². The molecule has 2 fully saturated rings. The summed E-state index contributed by atoms with van der Waals surface area (Å²) in [5, 5.41) is 9.38. The number of carboxylic acid groups (broad SMARTS) is 1. The van der Waals surface area contributed by atoms with Crippen LogP contribution >= 0.6 is 0 Å². The molecule has 32 heavy (non-hydrogen) atoms. The summed E-state index contributed by atoms with van der Waals surface area (Å²) in [4.78, 5) is 35.2. The second-order valence-corrected chi connectivity index (χ2v) is 10.6. The molecule has 5 atom stereocenters. The number of allylic oxidation sites excluding steroid dienone is 4. The maximum absolute atomic E-state index is 12.5. The van der Waals surface area contributed by atoms with E-state index in [0.717, 1.165) is 32.1 Å². The van der Waals surface area contributed by atoms with Gasteiger partial charge in [0.1, 0.15) is 6.61 Å². The van der Waals surface area contributed by atoms with Crippen molar-refractivity contribution in [2.45, 2.75) is 65.2 Å². The van der Waals surface area contributed by atoms with Crippen molar-refractivity contribution in [3.05, 3.63) is 47.6 Å². The van der Waals surface area contributed by atoms with Crippen LogP contribution in [0.4, 0.5) is 0 Å². The normalized spacial score (nSPS) is 35.6. The maximum Gasteiger partial charge on any atom is 0.338 e. The molecule has 2 bridgehead atoms. The van der Waals surface area contributed by atoms with Gasteiger partial charge in [-0.3, -0.25) is 9.59 Å². The highest BCUT2D eigenvalue weighted by Crippen LogP contribution is 2.67. The Balaban J connectivity index is 1.52. The van der Waals surface area contributed by atoms with E-state index in [9.17, 15) is 19.5 Å². The molecule has 4 rings (SSSR count). The minimum atomic E-state index is -0.734. The first-order valence-electron chi connectivity index (χ1n) is 11.8. The van der Waals surface area contributed by atoms with E-state index < -0.39 is 5.97 Å². The molecule has 2 saturated carbocycles. The second-order valence-electron chi connectivity index (χ2n) is 10.6. The maximum atomic E-state index is 12.5. The molecule has 1 spiro atoms. The largest absolute Gasteiger partial charge is 0.481 e. The summed E-state index contributed by atoms with van der Waals surface area (Å²) >= 11 is 0. The third-order valence-electron chi connectivity index (χ3n) is 8.66. The van der Waals surface area contributed by atoms with E-state index in [0.29, 0.717) is 36.4 Å². The van der Waals surface area contributed by atoms with Gasteiger partial charge in [0.15, 0.2) is 5.78 Å². The molecule has 0 aliphatic heterocycles. The van der Waals surface area contributed by atoms with Gasteiger partial charge in [-0.05, 0) is 91.8 Å². The van der Waals surface area contributed by atoms with Crippen LogP contribution in [0.15, 0.2) is 47.6 Å². The summed E-state index contributed by atoms with van der Waals surface area (Å²) in [5.74, 6) is 0.0861. The van der Waals surface area contributed by atoms with Crippen LogP contribution in [-0.2, 0) is 19.1 Å². The van der Waals surface area contributed by atoms with Gasteiger partial charge in [-0.1, -0.05) is 31.2 Å². The molecular formula is C27H34O5. The number of carbonyl (C=O) groups is 3. The van der Waals surface area contributed by atoms with Crippen molar-refractivity contribution in [1.29, 1.82) is 0 Å². The Kier molecular flexibility index (Phi) is 6.04. The number of fused-ring (bicyclic) bond motifs is 1. The summed E-state index contributed by atoms with van der Waals surface area (Å²) in [7, 11) is 0. The van der Waals surface area contributed by atoms with E-state index in [1.807, 2.05) is 0 Å². The van der Waals surface area contributed by atoms with Crippen LogP contribution in [0.2, 0.25) is 0 Å². The third kappa shape index (κ3) is 4.02. The minimum Gasteiger partial charge on any atom is -0.481 e. The Morgan fingerprint density at radius 2 is 2.03 bits per heavy atom. The van der Waals surface area contributed by atoms with Crippen LogP contribution in [0.1, 0.15) is 65.2 Å². The van der Waals surface area contributed by atoms with E-state index in [1.165, 1.54) is 23.3 Å². The van der Waals surface area contributed by atoms with Crippen LogP contribution in [0.3, 0.4) is 0 Å². The molecule has 5 nitrogen and oxygen atoms in total. The van der Waals surface area contributed by atoms with Crippen molar-refractivity contribution < 1.29 is 24.2 Å². The standard InChI is InChI=1S/C27H34O5/c1-17(2)22-10-13-27-14-19(6-9-23(27)26(22,3)12-11-24(29)30)20(15-27)16-32-25(31)18-4-7-21(28)8-5-18/h4-5,7,15,19,22-23H,1,6,8-14,16H2,2-3H3,(H,29,30). The van der Waals surface area contributed by atoms with Gasteiger partial charge < -0.3 is 9.84 Å². The number of aliphatic carboxylic acids is 1. The minimum absolute atomic E-state index is 0.00435. The zero-order valence-electron chi connectivity index (χ0n) is 19.2. The monoisotopic (exact) mass is 438 g/mol. The molecule has 172 valence electrons. The fraction of sp³-hybridized carbons (Fsp3) is 0.593. The lowest BCUT2D eigenvalue weighted by Crippen LogP contribution is -2.50. The number of hydrogen-bond donors (Lipinski definition) is 1. The molecular weight excluding hydrogens is 404 g/mol. The van der Waals surface area contributed by atoms with Crippen molar-refractivity contribution in [2.75, 3.05) is 6.61 Å². The van der Waals surface area contributed by atoms with Gasteiger partial charge in [0.05, 0.1) is 5.57 Å². The third-order valence-corrected chi connectivity index (χ3v) is 8.66. The summed E-state index contributed by atoms with van der Waals surface area (Å²) < 4.78 is 5.65. The number of ketones is 1. The molecule has 4 aliphatic rings. The molecule has 0 aromatic heterocycles. The zero-order chi connectivity index (χ0) is 23.1. The number of esters is 1. The second kappa shape index (κ2) is 8.49. The fourth-order valence-corrected chi connectivity index (χ4v) is 7.25. The predicted octanol–water partition coefficient (Wildman–Crippen LogP) is 5.18. The topological polar surface area (TPSA) is 80.7 Å². The number of carbonyl (C=O) groups excluding carboxylic acids is 2. The molecule has 5 heteroatoms. The quantitative estimate of drug-likeness (QED) is 0.437. The summed E-state index contributed by atoms with van der Waals surface area (Å²) in [6, 6.07) is 0. The first kappa shape index (κ1) is 22.8. The van der Waals surface area contributed by atoms with Crippen LogP contribution in [0.25, 0.3) is 0 Å². The highest BCUT2D eigenvalue weighted by molar-refractivity contribution is 6.00. The van der Waals surface area contributed by atoms with Gasteiger partial charge >= 0.3 is 11.9 Å². The van der Waals surface area contributed by atoms with Crippen molar-refractivity contribution in [2.24, 2.45) is 28.6 Å². The van der Waals surface area contributed by atoms with Gasteiger partial charge in [0, 0.05) is 12.8 Å². The van der Waals surface area contributed by atoms with Crippen molar-refractivity contribution in [1.82, 2.24) is 0 Å². The first-order chi connectivity index (χ1) is 15.1. The molecule has 0 aromatic carbocycles. The average Bonchev–Trinajstić information content (AvgIpc) is 3.00. The Hall–Kier alpha value is -2.43. The highest BCUT2D eigenvalue weighted by atomic mass is 16.5. The molecule has 0 aromatic rings. The predicted molar refractivity (Wildman–Crippen MR) is 122 cm³/mol. The van der Waals surface area contributed by atoms with E-state index in [4.69, 9.17) is 4.74 Å². The van der Waals surface area contributed by atoms with Crippen molar-refractivity contribution in [3.8, 4) is 0 Å². The van der Waals surface area contributed by atoms with Crippen LogP contribution < -0.4 is 0 Å². The number of ether oxygens (including phenoxy) is 1. The molecule has 0 saturated heterocycles. The lowest BCUT2D eigenvalue weighted by Gasteiger charge is -2.58. The van der Waals surface area contributed by atoms with Gasteiger partial charge in [-0.25, -0.2) is 4.79 Å². The van der Waals surface area contributed by atoms with E-state index in [-0.39, 0.29) is 35.4 Å². The average molecular weight is 439 g/mol. The fourth-order valence-electron chi connectivity index (χ4n) is 7.25. The zero-order valence-corrected chi connectivity index (χ0v) is 19.2. The molecule has 4 aliphatic carbocycles. The SMILES string of the molecule is C=C(C)C1CCC23C=C(COC(=O)C4=CCC(=O)C=C4)C(CCC2C1(C)CCC(=O)O)C3. The van der Waals surface area contributed by atoms with Crippen LogP contribution in [0, 0.1) is 28.6 Å². The van der Waals surface area contributed by atoms with Crippen LogP contribution in [-0.4, -0.2) is 29.4 Å². The summed E-state index contributed by atoms with van der Waals surface area (Å²) in [6.07, 6.45) is 13.4. The van der Waals surface area contributed by atoms with E-state index in [2.05, 4.69) is 26.5 Å². The smallest absolute Gasteiger partial charge is 0.338 e. The highest BCUT2D eigenvalue weighted by Gasteiger charge is 2.58. The Morgan fingerprint density at radius 1 is 1.25 bits per heavy atom. The summed E-state index contributed by atoms with van der Waals surface area (Å²) in [6.45, 7) is 8.93. The van der Waals surface area contributed by atoms with Gasteiger partial charge in [0.2, 0.25) is 0 Å². The molecule has 1 N–H and O–H groups in total. The lowest BCUT2D eigenvalue weighted by atomic mass is 9.46. The molecule has 0 heterocycles. The van der Waals surface area contributed by atoms with Crippen molar-refractivity contribution in [3.63, 3.8) is 0 Å². The van der Waals surface area contributed by atoms with E-state index in [1.54, 1.807) is 6.08 Å². The Labute approximate surface area is 190 Å². The number of rotatable bonds is 7. The van der Waals surface area contributed by atoms with Gasteiger partial charge in [-0.15, -0.1) is 0 Å². The lowest BCUT2D eigenvalue weighted by molar-refractivity contribution is -0.140. The Bertz CT molecular complexity index is 938. The Morgan fingerprint density at radius 3 is 2.69 bits per heavy atom.